The number of pyridine rings is 4. The number of aryl methyl sites for hydroxylation is 7. The van der Waals surface area contributed by atoms with Gasteiger partial charge in [0.2, 0.25) is 41.4 Å². The summed E-state index contributed by atoms with van der Waals surface area (Å²) in [6.45, 7) is 20.8. The van der Waals surface area contributed by atoms with E-state index in [9.17, 15) is 59.9 Å². The molecule has 0 atom stereocenters. The number of rotatable bonds is 36. The van der Waals surface area contributed by atoms with Gasteiger partial charge in [0.05, 0.1) is 24.2 Å². The van der Waals surface area contributed by atoms with Gasteiger partial charge >= 0.3 is 0 Å². The first-order chi connectivity index (χ1) is 62.6. The molecule has 0 unspecified atom stereocenters. The molecule has 0 N–H and O–H groups in total. The Kier molecular flexibility index (Phi) is 36.2. The third kappa shape index (κ3) is 26.4. The summed E-state index contributed by atoms with van der Waals surface area (Å²) in [6.07, 6.45) is 11.4. The molecule has 4 aromatic heterocycles. The van der Waals surface area contributed by atoms with Crippen LogP contribution in [0.5, 0.6) is 5.88 Å². The zero-order valence-corrected chi connectivity index (χ0v) is 76.2. The van der Waals surface area contributed by atoms with Gasteiger partial charge in [0.25, 0.3) is 0 Å². The third-order valence-corrected chi connectivity index (χ3v) is 23.4. The highest BCUT2D eigenvalue weighted by atomic mass is 19.2. The lowest BCUT2D eigenvalue weighted by atomic mass is 9.98. The number of ketones is 4. The van der Waals surface area contributed by atoms with E-state index in [1.807, 2.05) is 164 Å². The topological polar surface area (TPSA) is 193 Å². The van der Waals surface area contributed by atoms with Gasteiger partial charge in [0.15, 0.2) is 23.1 Å². The van der Waals surface area contributed by atoms with E-state index in [-0.39, 0.29) is 82.7 Å². The van der Waals surface area contributed by atoms with E-state index in [4.69, 9.17) is 4.74 Å². The van der Waals surface area contributed by atoms with E-state index in [1.165, 1.54) is 34.1 Å². The fraction of sp³-hybridized carbons (Fsp3) is 0.306. The van der Waals surface area contributed by atoms with E-state index in [0.29, 0.717) is 127 Å². The minimum absolute atomic E-state index is 0.0277. The number of carbonyl (C=O) groups excluding carboxylic acids is 7. The molecule has 4 heterocycles. The number of aromatic nitrogens is 4. The number of hydrogen-bond donors (Lipinski definition) is 0. The second-order valence-electron chi connectivity index (χ2n) is 32.2. The predicted octanol–water partition coefficient (Wildman–Crippen LogP) is 24.9. The highest BCUT2D eigenvalue weighted by Crippen LogP contribution is 2.47. The van der Waals surface area contributed by atoms with Crippen molar-refractivity contribution in [1.29, 1.82) is 0 Å². The first-order valence-electron chi connectivity index (χ1n) is 44.6. The van der Waals surface area contributed by atoms with Crippen LogP contribution in [0.1, 0.15) is 213 Å². The van der Waals surface area contributed by atoms with Crippen LogP contribution in [0, 0.1) is 56.1 Å². The number of amides is 3. The number of benzene rings is 8. The molecule has 0 bridgehead atoms. The van der Waals surface area contributed by atoms with Gasteiger partial charge in [-0.2, -0.15) is 18.2 Å². The number of Topliss-reactive ketones (excluding diaryl/α,β-unsaturated/α-hetero) is 4. The van der Waals surface area contributed by atoms with Crippen molar-refractivity contribution in [3.05, 3.63) is 328 Å². The summed E-state index contributed by atoms with van der Waals surface area (Å²) < 4.78 is 89.6. The van der Waals surface area contributed by atoms with Crippen LogP contribution in [0.3, 0.4) is 0 Å². The Labute approximate surface area is 759 Å². The van der Waals surface area contributed by atoms with Gasteiger partial charge < -0.3 is 24.3 Å². The Balaban J connectivity index is 0.000000180. The molecule has 0 radical (unpaired) electrons. The lowest BCUT2D eigenvalue weighted by Crippen LogP contribution is -2.33. The summed E-state index contributed by atoms with van der Waals surface area (Å²) in [5, 5.41) is 0. The van der Waals surface area contributed by atoms with Crippen LogP contribution in [0.2, 0.25) is 0 Å². The standard InChI is InChI=1S/C28H31FN2O2.C27H28F2N2O2.C27H29FN2O2.C26H26F2N2O2/c1-5-17-31(28(33)6-2)26-15-13-24(18-25(26)29)22-9-11-23(12-10-22)27(32)16-14-21-8-7-19(3)30-20(21)4;1-4-16-31(27(33)5-2)24-13-10-22(17-23(24)28)20-6-8-21(9-7-20)25(32)14-11-19-12-15-26(29)30-18(19)3;1-4-27(15-16-27)30(2)24-13-11-22(18-23(24)28)19-7-9-20(10-8-19)25(31)14-12-21-6-5-17-29-26(21)32-3;1-3-17-30(25(32)4-2)22-13-9-19(10-14-22)18-5-7-20(8-6-18)23(31)15-11-21-12-16-24(27)29-26(21)28/h7-13,15,18H,5-6,14,16-17H2,1-4H3;6-10,12-13,15,17H,4-5,11,14,16H2,1-3H3;5-11,13,17-18H,4,12,14-16H2,1-3H3;5-10,12-14,16H,3-4,11,15,17H2,1-2H3. The quantitative estimate of drug-likeness (QED) is 0.0205. The molecule has 1 saturated carbocycles. The lowest BCUT2D eigenvalue weighted by molar-refractivity contribution is -0.119. The van der Waals surface area contributed by atoms with Crippen LogP contribution < -0.4 is 24.3 Å². The fourth-order valence-corrected chi connectivity index (χ4v) is 15.5. The van der Waals surface area contributed by atoms with Crippen molar-refractivity contribution in [3.8, 4) is 50.4 Å². The summed E-state index contributed by atoms with van der Waals surface area (Å²) in [5.41, 5.74) is 16.8. The zero-order chi connectivity index (χ0) is 93.7. The van der Waals surface area contributed by atoms with Gasteiger partial charge in [-0.05, 0) is 219 Å². The van der Waals surface area contributed by atoms with Crippen LogP contribution in [0.25, 0.3) is 44.5 Å². The second kappa shape index (κ2) is 47.6. The van der Waals surface area contributed by atoms with Crippen molar-refractivity contribution in [2.45, 2.75) is 184 Å². The third-order valence-electron chi connectivity index (χ3n) is 23.4. The molecule has 12 aromatic rings. The Morgan fingerprint density at radius 2 is 0.708 bits per heavy atom. The van der Waals surface area contributed by atoms with Gasteiger partial charge in [-0.3, -0.25) is 38.5 Å². The molecule has 22 heteroatoms. The molecule has 13 rings (SSSR count). The van der Waals surface area contributed by atoms with Gasteiger partial charge in [0, 0.05) is 140 Å². The van der Waals surface area contributed by atoms with Gasteiger partial charge in [-0.15, -0.1) is 0 Å². The number of ether oxygens (including phenoxy) is 1. The SMILES string of the molecule is CCC1(N(C)c2ccc(-c3ccc(C(=O)CCc4cccnc4OC)cc3)cc2F)CC1.CCCN(C(=O)CC)c1ccc(-c2ccc(C(=O)CCc3ccc(C)nc3C)cc2)cc1F.CCCN(C(=O)CC)c1ccc(-c2ccc(C(=O)CCc3ccc(F)nc3C)cc2)cc1F.CCCN(C(=O)CC)c1ccc(-c2ccc(C(=O)CCc3ccc(F)nc3F)cc2)cc1. The van der Waals surface area contributed by atoms with Crippen molar-refractivity contribution in [3.63, 3.8) is 0 Å². The van der Waals surface area contributed by atoms with E-state index in [0.717, 1.165) is 112 Å². The number of halogens is 6. The number of carbonyl (C=O) groups is 7. The van der Waals surface area contributed by atoms with Crippen molar-refractivity contribution < 1.29 is 64.6 Å². The highest BCUT2D eigenvalue weighted by molar-refractivity contribution is 6.00. The molecule has 1 fully saturated rings. The maximum Gasteiger partial charge on any atom is 0.226 e. The first-order valence-corrected chi connectivity index (χ1v) is 44.6. The molecule has 3 amide bonds. The van der Waals surface area contributed by atoms with Crippen LogP contribution in [0.4, 0.5) is 49.1 Å². The van der Waals surface area contributed by atoms with E-state index in [1.54, 1.807) is 118 Å². The maximum absolute atomic E-state index is 14.9. The van der Waals surface area contributed by atoms with Gasteiger partial charge in [-0.1, -0.05) is 194 Å². The number of hydrogen-bond acceptors (Lipinski definition) is 13. The fourth-order valence-electron chi connectivity index (χ4n) is 15.5. The molecule has 0 saturated heterocycles. The average Bonchev–Trinajstić information content (AvgIpc) is 1.61. The molecule has 16 nitrogen and oxygen atoms in total. The lowest BCUT2D eigenvalue weighted by Gasteiger charge is -2.29. The molecule has 130 heavy (non-hydrogen) atoms. The molecule has 0 aliphatic heterocycles. The van der Waals surface area contributed by atoms with E-state index >= 15 is 0 Å². The van der Waals surface area contributed by atoms with E-state index in [2.05, 4.69) is 31.8 Å². The van der Waals surface area contributed by atoms with Crippen LogP contribution in [-0.2, 0) is 40.1 Å². The monoisotopic (exact) mass is 1760 g/mol. The summed E-state index contributed by atoms with van der Waals surface area (Å²) >= 11 is 0. The summed E-state index contributed by atoms with van der Waals surface area (Å²) in [6, 6.07) is 64.9. The van der Waals surface area contributed by atoms with Gasteiger partial charge in [-0.25, -0.2) is 23.1 Å². The molecule has 676 valence electrons. The summed E-state index contributed by atoms with van der Waals surface area (Å²) in [5.74, 6) is -2.96. The zero-order valence-electron chi connectivity index (χ0n) is 76.2. The van der Waals surface area contributed by atoms with Crippen LogP contribution in [-0.4, -0.2) is 100 Å². The van der Waals surface area contributed by atoms with Crippen LogP contribution in [0.15, 0.2) is 231 Å². The Bertz CT molecular complexity index is 5730. The minimum Gasteiger partial charge on any atom is -0.481 e. The van der Waals surface area contributed by atoms with Crippen molar-refractivity contribution in [1.82, 2.24) is 19.9 Å². The molecule has 1 aliphatic carbocycles. The van der Waals surface area contributed by atoms with E-state index < -0.39 is 29.5 Å². The first kappa shape index (κ1) is 98.8. The Morgan fingerprint density at radius 1 is 0.369 bits per heavy atom. The molecular formula is C108H114F6N8O8. The summed E-state index contributed by atoms with van der Waals surface area (Å²) in [7, 11) is 3.56. The summed E-state index contributed by atoms with van der Waals surface area (Å²) in [4.78, 5) is 109. The number of methoxy groups -OCH3 is 1. The van der Waals surface area contributed by atoms with Gasteiger partial charge in [0.1, 0.15) is 17.5 Å². The normalized spacial score (nSPS) is 11.6. The largest absolute Gasteiger partial charge is 0.481 e. The average molecular weight is 1770 g/mol. The predicted molar refractivity (Wildman–Crippen MR) is 505 cm³/mol. The molecule has 8 aromatic carbocycles. The number of anilines is 4. The van der Waals surface area contributed by atoms with Crippen molar-refractivity contribution in [2.75, 3.05) is 53.4 Å². The smallest absolute Gasteiger partial charge is 0.226 e. The Hall–Kier alpha value is -13.4. The minimum atomic E-state index is -0.880. The molecule has 0 spiro atoms. The second-order valence-corrected chi connectivity index (χ2v) is 32.2. The molecular weight excluding hydrogens is 1650 g/mol. The van der Waals surface area contributed by atoms with Crippen molar-refractivity contribution >= 4 is 63.6 Å². The van der Waals surface area contributed by atoms with Crippen LogP contribution >= 0.6 is 0 Å². The number of nitrogens with zero attached hydrogens (tertiary/aromatic N) is 8. The molecule has 1 aliphatic rings. The maximum atomic E-state index is 14.9. The highest BCUT2D eigenvalue weighted by Gasteiger charge is 2.45. The van der Waals surface area contributed by atoms with Crippen molar-refractivity contribution in [2.24, 2.45) is 0 Å². The Morgan fingerprint density at radius 3 is 1.07 bits per heavy atom.